The lowest BCUT2D eigenvalue weighted by molar-refractivity contribution is 0.623. The van der Waals surface area contributed by atoms with Crippen molar-refractivity contribution in [3.8, 4) is 62.4 Å². The average Bonchev–Trinajstić information content (AvgIpc) is 3.82. The van der Waals surface area contributed by atoms with Crippen molar-refractivity contribution in [2.24, 2.45) is 0 Å². The molecule has 0 bridgehead atoms. The summed E-state index contributed by atoms with van der Waals surface area (Å²) in [6, 6.07) is 47.0. The van der Waals surface area contributed by atoms with Crippen molar-refractivity contribution in [1.82, 2.24) is 34.5 Å². The van der Waals surface area contributed by atoms with E-state index >= 15 is 0 Å². The van der Waals surface area contributed by atoms with Crippen LogP contribution in [-0.4, -0.2) is 34.5 Å². The summed E-state index contributed by atoms with van der Waals surface area (Å²) in [4.78, 5) is 28.0. The Labute approximate surface area is 297 Å². The Bertz CT molecular complexity index is 2870. The van der Waals surface area contributed by atoms with Gasteiger partial charge in [0.15, 0.2) is 23.1 Å². The van der Waals surface area contributed by atoms with Crippen molar-refractivity contribution < 1.29 is 4.42 Å². The number of benzene rings is 5. The van der Waals surface area contributed by atoms with Gasteiger partial charge in [-0.25, -0.2) is 19.9 Å². The highest BCUT2D eigenvalue weighted by Crippen LogP contribution is 2.39. The van der Waals surface area contributed by atoms with Gasteiger partial charge in [-0.3, -0.25) is 9.97 Å². The smallest absolute Gasteiger partial charge is 0.227 e. The fourth-order valence-electron chi connectivity index (χ4n) is 6.80. The largest absolute Gasteiger partial charge is 0.435 e. The molecule has 0 aliphatic heterocycles. The molecule has 0 saturated heterocycles. The van der Waals surface area contributed by atoms with Crippen molar-refractivity contribution >= 4 is 32.9 Å². The zero-order valence-electron chi connectivity index (χ0n) is 27.6. The van der Waals surface area contributed by atoms with E-state index in [4.69, 9.17) is 24.4 Å². The van der Waals surface area contributed by atoms with Crippen LogP contribution < -0.4 is 0 Å². The molecule has 0 unspecified atom stereocenters. The monoisotopic (exact) mass is 669 g/mol. The van der Waals surface area contributed by atoms with Gasteiger partial charge in [-0.2, -0.15) is 0 Å². The zero-order valence-corrected chi connectivity index (χ0v) is 27.6. The molecule has 244 valence electrons. The predicted molar refractivity (Wildman–Crippen MR) is 205 cm³/mol. The predicted octanol–water partition coefficient (Wildman–Crippen LogP) is 10.2. The SMILES string of the molecule is c1ccc(-c2nc3ccc4c(c5ccccc5n4-c4ccc(-c5nc(-c6ccncc6)nc(-c6ccc(-c7ccncc7)cc6)n5)cc4)c3o2)cc1. The molecule has 8 nitrogen and oxygen atoms in total. The molecule has 8 heteroatoms. The van der Waals surface area contributed by atoms with E-state index in [0.717, 1.165) is 72.0 Å². The van der Waals surface area contributed by atoms with Gasteiger partial charge in [-0.05, 0) is 90.0 Å². The fourth-order valence-corrected chi connectivity index (χ4v) is 6.80. The second kappa shape index (κ2) is 12.2. The van der Waals surface area contributed by atoms with Crippen LogP contribution in [0.3, 0.4) is 0 Å². The summed E-state index contributed by atoms with van der Waals surface area (Å²) >= 11 is 0. The first-order valence-corrected chi connectivity index (χ1v) is 16.9. The molecule has 0 N–H and O–H groups in total. The third-order valence-electron chi connectivity index (χ3n) is 9.33. The average molecular weight is 670 g/mol. The fraction of sp³-hybridized carbons (Fsp3) is 0. The van der Waals surface area contributed by atoms with Crippen LogP contribution in [-0.2, 0) is 0 Å². The lowest BCUT2D eigenvalue weighted by Gasteiger charge is -2.11. The summed E-state index contributed by atoms with van der Waals surface area (Å²) in [5.74, 6) is 2.37. The molecule has 5 aromatic heterocycles. The highest BCUT2D eigenvalue weighted by atomic mass is 16.3. The van der Waals surface area contributed by atoms with Gasteiger partial charge in [0.2, 0.25) is 5.89 Å². The van der Waals surface area contributed by atoms with Gasteiger partial charge in [0.05, 0.1) is 16.4 Å². The zero-order chi connectivity index (χ0) is 34.4. The van der Waals surface area contributed by atoms with Crippen LogP contribution in [0.1, 0.15) is 0 Å². The maximum absolute atomic E-state index is 6.47. The van der Waals surface area contributed by atoms with E-state index in [0.29, 0.717) is 23.4 Å². The standard InChI is InChI=1S/C44H27N7O/c1-2-6-33(7-3-1)44-47-36-18-19-38-39(40(36)52-44)35-8-4-5-9-37(35)51(38)34-16-14-31(15-17-34)42-48-41(49-43(50-42)32-22-26-46-27-23-32)30-12-10-28(11-13-30)29-20-24-45-25-21-29/h1-27H. The van der Waals surface area contributed by atoms with E-state index in [-0.39, 0.29) is 0 Å². The van der Waals surface area contributed by atoms with Gasteiger partial charge >= 0.3 is 0 Å². The number of rotatable bonds is 6. The van der Waals surface area contributed by atoms with Crippen LogP contribution in [0, 0.1) is 0 Å². The van der Waals surface area contributed by atoms with E-state index in [9.17, 15) is 0 Å². The molecular weight excluding hydrogens is 643 g/mol. The molecule has 10 rings (SSSR count). The minimum atomic E-state index is 0.582. The molecule has 5 aromatic carbocycles. The number of hydrogen-bond acceptors (Lipinski definition) is 7. The number of pyridine rings is 2. The number of fused-ring (bicyclic) bond motifs is 5. The second-order valence-corrected chi connectivity index (χ2v) is 12.4. The summed E-state index contributed by atoms with van der Waals surface area (Å²) in [6.07, 6.45) is 7.09. The lowest BCUT2D eigenvalue weighted by atomic mass is 10.0. The Morgan fingerprint density at radius 3 is 1.62 bits per heavy atom. The first-order valence-electron chi connectivity index (χ1n) is 16.9. The Kier molecular flexibility index (Phi) is 6.95. The number of hydrogen-bond donors (Lipinski definition) is 0. The number of nitrogens with zero attached hydrogens (tertiary/aromatic N) is 7. The Morgan fingerprint density at radius 2 is 0.942 bits per heavy atom. The van der Waals surface area contributed by atoms with Gasteiger partial charge in [-0.15, -0.1) is 0 Å². The van der Waals surface area contributed by atoms with Crippen LogP contribution in [0.15, 0.2) is 169 Å². The molecule has 0 aliphatic carbocycles. The first kappa shape index (κ1) is 29.6. The van der Waals surface area contributed by atoms with Crippen LogP contribution in [0.25, 0.3) is 95.3 Å². The normalized spacial score (nSPS) is 11.5. The summed E-state index contributed by atoms with van der Waals surface area (Å²) in [6.45, 7) is 0. The van der Waals surface area contributed by atoms with E-state index in [1.165, 1.54) is 0 Å². The van der Waals surface area contributed by atoms with Gasteiger partial charge in [0.25, 0.3) is 0 Å². The molecule has 5 heterocycles. The van der Waals surface area contributed by atoms with Crippen molar-refractivity contribution in [2.45, 2.75) is 0 Å². The Balaban J connectivity index is 1.07. The topological polar surface area (TPSA) is 95.4 Å². The van der Waals surface area contributed by atoms with Crippen molar-refractivity contribution in [2.75, 3.05) is 0 Å². The summed E-state index contributed by atoms with van der Waals surface area (Å²) < 4.78 is 8.74. The lowest BCUT2D eigenvalue weighted by Crippen LogP contribution is -2.00. The van der Waals surface area contributed by atoms with Crippen molar-refractivity contribution in [3.63, 3.8) is 0 Å². The molecule has 10 aromatic rings. The van der Waals surface area contributed by atoms with Crippen LogP contribution in [0.5, 0.6) is 0 Å². The minimum Gasteiger partial charge on any atom is -0.435 e. The maximum Gasteiger partial charge on any atom is 0.227 e. The molecule has 0 saturated carbocycles. The van der Waals surface area contributed by atoms with Gasteiger partial charge in [-0.1, -0.05) is 60.7 Å². The van der Waals surface area contributed by atoms with E-state index in [2.05, 4.69) is 81.3 Å². The maximum atomic E-state index is 6.47. The third kappa shape index (κ3) is 5.09. The van der Waals surface area contributed by atoms with Crippen molar-refractivity contribution in [1.29, 1.82) is 0 Å². The number of oxazole rings is 1. The molecular formula is C44H27N7O. The molecule has 0 atom stereocenters. The molecule has 52 heavy (non-hydrogen) atoms. The molecule has 0 spiro atoms. The van der Waals surface area contributed by atoms with Gasteiger partial charge in [0.1, 0.15) is 5.52 Å². The summed E-state index contributed by atoms with van der Waals surface area (Å²) in [5.41, 5.74) is 10.5. The second-order valence-electron chi connectivity index (χ2n) is 12.4. The highest BCUT2D eigenvalue weighted by molar-refractivity contribution is 6.19. The Morgan fingerprint density at radius 1 is 0.404 bits per heavy atom. The Hall–Kier alpha value is -7.32. The van der Waals surface area contributed by atoms with Gasteiger partial charge in [0, 0.05) is 58.1 Å². The third-order valence-corrected chi connectivity index (χ3v) is 9.33. The van der Waals surface area contributed by atoms with Gasteiger partial charge < -0.3 is 8.98 Å². The van der Waals surface area contributed by atoms with Crippen LogP contribution in [0.4, 0.5) is 0 Å². The minimum absolute atomic E-state index is 0.582. The van der Waals surface area contributed by atoms with Crippen LogP contribution in [0.2, 0.25) is 0 Å². The van der Waals surface area contributed by atoms with E-state index < -0.39 is 0 Å². The highest BCUT2D eigenvalue weighted by Gasteiger charge is 2.19. The summed E-state index contributed by atoms with van der Waals surface area (Å²) in [5, 5.41) is 2.13. The van der Waals surface area contributed by atoms with Crippen molar-refractivity contribution in [3.05, 3.63) is 164 Å². The van der Waals surface area contributed by atoms with E-state index in [1.54, 1.807) is 24.8 Å². The quantitative estimate of drug-likeness (QED) is 0.174. The molecule has 0 amide bonds. The van der Waals surface area contributed by atoms with Crippen LogP contribution >= 0.6 is 0 Å². The van der Waals surface area contributed by atoms with E-state index in [1.807, 2.05) is 72.8 Å². The molecule has 0 radical (unpaired) electrons. The number of aromatic nitrogens is 7. The number of para-hydroxylation sites is 1. The first-order chi connectivity index (χ1) is 25.8. The molecule has 0 aliphatic rings. The molecule has 0 fully saturated rings. The summed E-state index contributed by atoms with van der Waals surface area (Å²) in [7, 11) is 0.